The van der Waals surface area contributed by atoms with Gasteiger partial charge in [-0.15, -0.1) is 0 Å². The molecular formula is C23H33N7O. The predicted molar refractivity (Wildman–Crippen MR) is 120 cm³/mol. The normalized spacial score (nSPS) is 23.2. The molecule has 5 rings (SSSR count). The number of carbonyl (C=O) groups excluding carboxylic acids is 1. The molecule has 1 unspecified atom stereocenters. The molecule has 8 nitrogen and oxygen atoms in total. The highest BCUT2D eigenvalue weighted by Crippen LogP contribution is 2.47. The van der Waals surface area contributed by atoms with E-state index in [-0.39, 0.29) is 17.6 Å². The molecule has 8 heteroatoms. The van der Waals surface area contributed by atoms with E-state index in [2.05, 4.69) is 34.9 Å². The molecule has 0 aromatic carbocycles. The quantitative estimate of drug-likeness (QED) is 0.732. The molecule has 0 bridgehead atoms. The van der Waals surface area contributed by atoms with Crippen LogP contribution in [0, 0.1) is 11.8 Å². The summed E-state index contributed by atoms with van der Waals surface area (Å²) in [6.07, 6.45) is 13.3. The van der Waals surface area contributed by atoms with Gasteiger partial charge in [0.1, 0.15) is 5.82 Å². The van der Waals surface area contributed by atoms with E-state index in [1.54, 1.807) is 11.1 Å². The summed E-state index contributed by atoms with van der Waals surface area (Å²) < 4.78 is 2.25. The molecule has 1 atom stereocenters. The van der Waals surface area contributed by atoms with Crippen LogP contribution >= 0.6 is 0 Å². The monoisotopic (exact) mass is 423 g/mol. The molecule has 2 aliphatic carbocycles. The third-order valence-electron chi connectivity index (χ3n) is 7.15. The van der Waals surface area contributed by atoms with Gasteiger partial charge in [-0.05, 0) is 43.6 Å². The molecule has 2 saturated carbocycles. The van der Waals surface area contributed by atoms with Gasteiger partial charge in [-0.25, -0.2) is 14.8 Å². The van der Waals surface area contributed by atoms with Crippen LogP contribution in [0.4, 0.5) is 16.6 Å². The Balaban J connectivity index is 1.33. The van der Waals surface area contributed by atoms with Gasteiger partial charge in [0.15, 0.2) is 0 Å². The van der Waals surface area contributed by atoms with E-state index in [0.29, 0.717) is 24.2 Å². The third kappa shape index (κ3) is 3.88. The van der Waals surface area contributed by atoms with Crippen LogP contribution in [0.3, 0.4) is 0 Å². The number of hydrogen-bond acceptors (Lipinski definition) is 5. The molecule has 1 aliphatic heterocycles. The molecule has 2 aromatic rings. The number of nitrogens with zero attached hydrogens (tertiary/aromatic N) is 6. The third-order valence-corrected chi connectivity index (χ3v) is 7.15. The van der Waals surface area contributed by atoms with Gasteiger partial charge in [0.05, 0.1) is 23.6 Å². The zero-order chi connectivity index (χ0) is 21.6. The highest BCUT2D eigenvalue weighted by atomic mass is 16.2. The molecule has 166 valence electrons. The van der Waals surface area contributed by atoms with Crippen LogP contribution in [-0.2, 0) is 12.1 Å². The van der Waals surface area contributed by atoms with E-state index in [0.717, 1.165) is 31.0 Å². The fraction of sp³-hybridized carbons (Fsp3) is 0.652. The highest BCUT2D eigenvalue weighted by molar-refractivity contribution is 5.94. The molecule has 1 N–H and O–H groups in total. The first-order valence-corrected chi connectivity index (χ1v) is 11.6. The Morgan fingerprint density at radius 1 is 1.23 bits per heavy atom. The van der Waals surface area contributed by atoms with Crippen LogP contribution in [0.5, 0.6) is 0 Å². The van der Waals surface area contributed by atoms with Gasteiger partial charge in [-0.2, -0.15) is 4.98 Å². The van der Waals surface area contributed by atoms with Gasteiger partial charge in [0.25, 0.3) is 0 Å². The summed E-state index contributed by atoms with van der Waals surface area (Å²) in [5.41, 5.74) is 0.875. The van der Waals surface area contributed by atoms with E-state index in [4.69, 9.17) is 9.97 Å². The van der Waals surface area contributed by atoms with Crippen molar-refractivity contribution in [3.05, 3.63) is 30.5 Å². The summed E-state index contributed by atoms with van der Waals surface area (Å²) in [7, 11) is 1.85. The van der Waals surface area contributed by atoms with Crippen molar-refractivity contribution >= 4 is 17.8 Å². The minimum absolute atomic E-state index is 0.00450. The molecular weight excluding hydrogens is 390 g/mol. The lowest BCUT2D eigenvalue weighted by atomic mass is 10.0. The molecule has 3 aliphatic rings. The number of carbonyl (C=O) groups is 1. The topological polar surface area (TPSA) is 79.2 Å². The maximum Gasteiger partial charge on any atom is 0.325 e. The van der Waals surface area contributed by atoms with Gasteiger partial charge < -0.3 is 14.8 Å². The van der Waals surface area contributed by atoms with Crippen LogP contribution in [-0.4, -0.2) is 50.1 Å². The number of aromatic nitrogens is 4. The van der Waals surface area contributed by atoms with E-state index in [1.807, 2.05) is 24.3 Å². The van der Waals surface area contributed by atoms with Crippen LogP contribution in [0.15, 0.2) is 24.8 Å². The lowest BCUT2D eigenvalue weighted by Crippen LogP contribution is -2.38. The smallest absolute Gasteiger partial charge is 0.325 e. The van der Waals surface area contributed by atoms with Crippen molar-refractivity contribution in [3.8, 4) is 0 Å². The van der Waals surface area contributed by atoms with E-state index >= 15 is 0 Å². The zero-order valence-corrected chi connectivity index (χ0v) is 18.8. The van der Waals surface area contributed by atoms with Crippen molar-refractivity contribution < 1.29 is 4.79 Å². The van der Waals surface area contributed by atoms with Crippen LogP contribution in [0.1, 0.15) is 58.1 Å². The molecule has 31 heavy (non-hydrogen) atoms. The first-order chi connectivity index (χ1) is 14.9. The van der Waals surface area contributed by atoms with Gasteiger partial charge in [-0.3, -0.25) is 4.90 Å². The Labute approximate surface area is 184 Å². The number of nitrogens with one attached hydrogen (secondary N) is 1. The number of hydrogen-bond donors (Lipinski definition) is 1. The fourth-order valence-electron chi connectivity index (χ4n) is 5.07. The van der Waals surface area contributed by atoms with Crippen molar-refractivity contribution in [2.75, 3.05) is 23.8 Å². The maximum absolute atomic E-state index is 12.8. The van der Waals surface area contributed by atoms with Gasteiger partial charge >= 0.3 is 6.03 Å². The van der Waals surface area contributed by atoms with E-state index < -0.39 is 0 Å². The summed E-state index contributed by atoms with van der Waals surface area (Å²) in [5, 5.41) is 3.54. The van der Waals surface area contributed by atoms with Gasteiger partial charge in [0, 0.05) is 32.5 Å². The summed E-state index contributed by atoms with van der Waals surface area (Å²) in [6.45, 7) is 6.07. The van der Waals surface area contributed by atoms with Crippen LogP contribution in [0.25, 0.3) is 0 Å². The lowest BCUT2D eigenvalue weighted by molar-refractivity contribution is 0.229. The average molecular weight is 424 g/mol. The Morgan fingerprint density at radius 2 is 2.00 bits per heavy atom. The fourth-order valence-corrected chi connectivity index (χ4v) is 5.07. The van der Waals surface area contributed by atoms with Crippen molar-refractivity contribution in [1.29, 1.82) is 0 Å². The number of likely N-dealkylation sites (N-methyl/N-ethyl adjacent to an activating group) is 1. The minimum Gasteiger partial charge on any atom is -0.343 e. The number of anilines is 2. The molecule has 3 heterocycles. The van der Waals surface area contributed by atoms with Crippen molar-refractivity contribution in [2.45, 2.75) is 70.5 Å². The molecule has 1 saturated heterocycles. The SMILES string of the molecule is CC(C)C1CN(C)C(=O)N1c1ccnc(NC2(c3cn(CC4CCCC4)cn3)CC2)n1. The number of amides is 2. The van der Waals surface area contributed by atoms with Crippen molar-refractivity contribution in [2.24, 2.45) is 11.8 Å². The van der Waals surface area contributed by atoms with Crippen molar-refractivity contribution in [1.82, 2.24) is 24.4 Å². The second kappa shape index (κ2) is 7.80. The Hall–Kier alpha value is -2.64. The second-order valence-electron chi connectivity index (χ2n) is 9.90. The second-order valence-corrected chi connectivity index (χ2v) is 9.90. The van der Waals surface area contributed by atoms with E-state index in [9.17, 15) is 4.79 Å². The average Bonchev–Trinajstić information content (AvgIpc) is 3.11. The zero-order valence-electron chi connectivity index (χ0n) is 18.8. The van der Waals surface area contributed by atoms with Crippen molar-refractivity contribution in [3.63, 3.8) is 0 Å². The molecule has 3 fully saturated rings. The van der Waals surface area contributed by atoms with Gasteiger partial charge in [0.2, 0.25) is 5.95 Å². The Bertz CT molecular complexity index is 945. The summed E-state index contributed by atoms with van der Waals surface area (Å²) >= 11 is 0. The summed E-state index contributed by atoms with van der Waals surface area (Å²) in [6, 6.07) is 1.93. The molecule has 2 amide bonds. The first kappa shape index (κ1) is 20.3. The largest absolute Gasteiger partial charge is 0.343 e. The maximum atomic E-state index is 12.8. The van der Waals surface area contributed by atoms with Crippen LogP contribution < -0.4 is 10.2 Å². The molecule has 0 spiro atoms. The van der Waals surface area contributed by atoms with Gasteiger partial charge in [-0.1, -0.05) is 26.7 Å². The molecule has 2 aromatic heterocycles. The first-order valence-electron chi connectivity index (χ1n) is 11.6. The summed E-state index contributed by atoms with van der Waals surface area (Å²) in [5.74, 6) is 2.35. The highest BCUT2D eigenvalue weighted by Gasteiger charge is 2.47. The minimum atomic E-state index is -0.192. The lowest BCUT2D eigenvalue weighted by Gasteiger charge is -2.25. The Kier molecular flexibility index (Phi) is 5.10. The summed E-state index contributed by atoms with van der Waals surface area (Å²) in [4.78, 5) is 30.2. The Morgan fingerprint density at radius 3 is 2.71 bits per heavy atom. The standard InChI is InChI=1S/C23H33N7O/c1-16(2)18-13-28(3)22(31)30(18)20-8-11-24-21(26-20)27-23(9-10-23)19-14-29(15-25-19)12-17-6-4-5-7-17/h8,11,14-18H,4-7,9-10,12-13H2,1-3H3,(H,24,26,27). The number of imidazole rings is 1. The van der Waals surface area contributed by atoms with Crippen LogP contribution in [0.2, 0.25) is 0 Å². The number of rotatable bonds is 7. The van der Waals surface area contributed by atoms with E-state index in [1.165, 1.54) is 25.7 Å². The number of urea groups is 1. The predicted octanol–water partition coefficient (Wildman–Crippen LogP) is 3.86. The molecule has 0 radical (unpaired) electrons.